The minimum absolute atomic E-state index is 0.0317. The zero-order valence-corrected chi connectivity index (χ0v) is 14.0. The van der Waals surface area contributed by atoms with Gasteiger partial charge in [0.05, 0.1) is 6.04 Å². The van der Waals surface area contributed by atoms with Crippen molar-refractivity contribution in [3.8, 4) is 0 Å². The van der Waals surface area contributed by atoms with Crippen LogP contribution in [0.3, 0.4) is 0 Å². The van der Waals surface area contributed by atoms with E-state index in [1.807, 2.05) is 42.5 Å². The molecule has 1 saturated heterocycles. The lowest BCUT2D eigenvalue weighted by Gasteiger charge is -2.23. The highest BCUT2D eigenvalue weighted by Crippen LogP contribution is 2.28. The number of likely N-dealkylation sites (tertiary alicyclic amines) is 1. The van der Waals surface area contributed by atoms with E-state index in [-0.39, 0.29) is 11.9 Å². The molecule has 1 atom stereocenters. The molecule has 3 heteroatoms. The maximum atomic E-state index is 14.7. The van der Waals surface area contributed by atoms with Crippen LogP contribution in [-0.2, 0) is 6.54 Å². The molecule has 0 bridgehead atoms. The van der Waals surface area contributed by atoms with Crippen LogP contribution < -0.4 is 0 Å². The summed E-state index contributed by atoms with van der Waals surface area (Å²) in [4.78, 5) is 2.24. The van der Waals surface area contributed by atoms with E-state index in [1.54, 1.807) is 6.08 Å². The number of benzene rings is 2. The van der Waals surface area contributed by atoms with E-state index in [0.717, 1.165) is 36.0 Å². The quantitative estimate of drug-likeness (QED) is 0.703. The Balaban J connectivity index is 1.73. The molecule has 114 valence electrons. The topological polar surface area (TPSA) is 3.24 Å². The van der Waals surface area contributed by atoms with Crippen molar-refractivity contribution in [3.63, 3.8) is 0 Å². The number of rotatable bonds is 4. The van der Waals surface area contributed by atoms with Crippen molar-refractivity contribution in [1.29, 1.82) is 0 Å². The zero-order chi connectivity index (χ0) is 15.4. The van der Waals surface area contributed by atoms with Crippen LogP contribution in [0.4, 0.5) is 4.39 Å². The molecule has 1 aliphatic rings. The molecule has 0 radical (unpaired) electrons. The fourth-order valence-electron chi connectivity index (χ4n) is 2.96. The van der Waals surface area contributed by atoms with Gasteiger partial charge in [0, 0.05) is 11.0 Å². The molecular formula is C19H19BrFN. The first kappa shape index (κ1) is 15.4. The van der Waals surface area contributed by atoms with Gasteiger partial charge in [-0.2, -0.15) is 0 Å². The maximum Gasteiger partial charge on any atom is 0.118 e. The Morgan fingerprint density at radius 3 is 2.59 bits per heavy atom. The van der Waals surface area contributed by atoms with Crippen LogP contribution in [0.5, 0.6) is 0 Å². The van der Waals surface area contributed by atoms with E-state index in [2.05, 4.69) is 33.0 Å². The van der Waals surface area contributed by atoms with Crippen molar-refractivity contribution < 1.29 is 4.39 Å². The van der Waals surface area contributed by atoms with Gasteiger partial charge in [0.15, 0.2) is 0 Å². The first-order valence-corrected chi connectivity index (χ1v) is 8.42. The lowest BCUT2D eigenvalue weighted by Crippen LogP contribution is -2.29. The van der Waals surface area contributed by atoms with Gasteiger partial charge in [-0.15, -0.1) is 0 Å². The number of hydrogen-bond donors (Lipinski definition) is 0. The summed E-state index contributed by atoms with van der Waals surface area (Å²) in [5.74, 6) is -0.0317. The van der Waals surface area contributed by atoms with Gasteiger partial charge >= 0.3 is 0 Å². The molecule has 22 heavy (non-hydrogen) atoms. The molecule has 3 rings (SSSR count). The van der Waals surface area contributed by atoms with Crippen molar-refractivity contribution in [3.05, 3.63) is 76.0 Å². The largest absolute Gasteiger partial charge is 0.290 e. The van der Waals surface area contributed by atoms with Gasteiger partial charge in [-0.25, -0.2) is 4.39 Å². The van der Waals surface area contributed by atoms with Crippen LogP contribution in [0.1, 0.15) is 24.0 Å². The van der Waals surface area contributed by atoms with Crippen LogP contribution >= 0.6 is 15.9 Å². The molecule has 1 unspecified atom stereocenters. The summed E-state index contributed by atoms with van der Waals surface area (Å²) < 4.78 is 15.7. The van der Waals surface area contributed by atoms with Gasteiger partial charge in [-0.1, -0.05) is 58.4 Å². The molecule has 0 spiro atoms. The summed E-state index contributed by atoms with van der Waals surface area (Å²) in [5.41, 5.74) is 2.15. The van der Waals surface area contributed by atoms with Crippen LogP contribution in [0, 0.1) is 0 Å². The highest BCUT2D eigenvalue weighted by Gasteiger charge is 2.27. The molecular weight excluding hydrogens is 341 g/mol. The predicted molar refractivity (Wildman–Crippen MR) is 93.1 cm³/mol. The second kappa shape index (κ2) is 7.21. The van der Waals surface area contributed by atoms with Crippen molar-refractivity contribution >= 4 is 22.0 Å². The lowest BCUT2D eigenvalue weighted by atomic mass is 10.1. The molecule has 0 aromatic heterocycles. The summed E-state index contributed by atoms with van der Waals surface area (Å²) in [5, 5.41) is 0. The van der Waals surface area contributed by atoms with E-state index in [1.165, 1.54) is 5.56 Å². The summed E-state index contributed by atoms with van der Waals surface area (Å²) in [6.07, 6.45) is 3.62. The third-order valence-corrected chi connectivity index (χ3v) is 4.61. The van der Waals surface area contributed by atoms with E-state index in [9.17, 15) is 4.39 Å². The zero-order valence-electron chi connectivity index (χ0n) is 12.4. The average Bonchev–Trinajstić information content (AvgIpc) is 2.99. The van der Waals surface area contributed by atoms with Gasteiger partial charge in [0.1, 0.15) is 5.83 Å². The Bertz CT molecular complexity index is 636. The van der Waals surface area contributed by atoms with E-state index < -0.39 is 0 Å². The van der Waals surface area contributed by atoms with Crippen molar-refractivity contribution in [1.82, 2.24) is 4.90 Å². The standard InChI is InChI=1S/C19H19BrFN/c20-17-10-8-15(9-11-17)13-18(21)19-7-4-12-22(19)14-16-5-2-1-3-6-16/h1-3,5-6,8-11,13,19H,4,7,12,14H2/b18-13-. The third kappa shape index (κ3) is 3.84. The fraction of sp³-hybridized carbons (Fsp3) is 0.263. The Hall–Kier alpha value is -1.45. The van der Waals surface area contributed by atoms with Gasteiger partial charge < -0.3 is 0 Å². The molecule has 1 heterocycles. The Kier molecular flexibility index (Phi) is 5.06. The molecule has 1 fully saturated rings. The number of halogens is 2. The highest BCUT2D eigenvalue weighted by atomic mass is 79.9. The monoisotopic (exact) mass is 359 g/mol. The molecule has 2 aromatic rings. The third-order valence-electron chi connectivity index (χ3n) is 4.09. The minimum atomic E-state index is -0.0937. The molecule has 0 amide bonds. The van der Waals surface area contributed by atoms with Gasteiger partial charge in [0.25, 0.3) is 0 Å². The van der Waals surface area contributed by atoms with E-state index in [4.69, 9.17) is 0 Å². The maximum absolute atomic E-state index is 14.7. The molecule has 1 aliphatic heterocycles. The molecule has 0 saturated carbocycles. The van der Waals surface area contributed by atoms with Gasteiger partial charge in [-0.3, -0.25) is 4.90 Å². The highest BCUT2D eigenvalue weighted by molar-refractivity contribution is 9.10. The van der Waals surface area contributed by atoms with E-state index >= 15 is 0 Å². The smallest absolute Gasteiger partial charge is 0.118 e. The summed E-state index contributed by atoms with van der Waals surface area (Å²) in [6.45, 7) is 1.77. The van der Waals surface area contributed by atoms with Crippen LogP contribution in [-0.4, -0.2) is 17.5 Å². The fourth-order valence-corrected chi connectivity index (χ4v) is 3.22. The molecule has 2 aromatic carbocycles. The van der Waals surface area contributed by atoms with E-state index in [0.29, 0.717) is 0 Å². The van der Waals surface area contributed by atoms with Crippen LogP contribution in [0.25, 0.3) is 6.08 Å². The average molecular weight is 360 g/mol. The minimum Gasteiger partial charge on any atom is -0.290 e. The SMILES string of the molecule is F/C(=C\c1ccc(Br)cc1)C1CCCN1Cc1ccccc1. The summed E-state index contributed by atoms with van der Waals surface area (Å²) in [7, 11) is 0. The van der Waals surface area contributed by atoms with Gasteiger partial charge in [-0.05, 0) is 48.7 Å². The Morgan fingerprint density at radius 1 is 1.14 bits per heavy atom. The van der Waals surface area contributed by atoms with Crippen LogP contribution in [0.15, 0.2) is 64.9 Å². The van der Waals surface area contributed by atoms with Crippen LogP contribution in [0.2, 0.25) is 0 Å². The summed E-state index contributed by atoms with van der Waals surface area (Å²) >= 11 is 3.40. The second-order valence-corrected chi connectivity index (χ2v) is 6.61. The first-order chi connectivity index (χ1) is 10.7. The first-order valence-electron chi connectivity index (χ1n) is 7.63. The normalized spacial score (nSPS) is 19.5. The number of hydrogen-bond acceptors (Lipinski definition) is 1. The Morgan fingerprint density at radius 2 is 1.86 bits per heavy atom. The number of nitrogens with zero attached hydrogens (tertiary/aromatic N) is 1. The van der Waals surface area contributed by atoms with Crippen molar-refractivity contribution in [2.45, 2.75) is 25.4 Å². The molecule has 1 nitrogen and oxygen atoms in total. The predicted octanol–water partition coefficient (Wildman–Crippen LogP) is 5.42. The summed E-state index contributed by atoms with van der Waals surface area (Å²) in [6, 6.07) is 17.9. The van der Waals surface area contributed by atoms with Crippen molar-refractivity contribution in [2.75, 3.05) is 6.54 Å². The van der Waals surface area contributed by atoms with Gasteiger partial charge in [0.2, 0.25) is 0 Å². The molecule has 0 aliphatic carbocycles. The van der Waals surface area contributed by atoms with Crippen molar-refractivity contribution in [2.24, 2.45) is 0 Å². The second-order valence-electron chi connectivity index (χ2n) is 5.69. The Labute approximate surface area is 139 Å². The lowest BCUT2D eigenvalue weighted by molar-refractivity contribution is 0.248. The molecule has 0 N–H and O–H groups in total.